The van der Waals surface area contributed by atoms with Crippen LogP contribution in [0.2, 0.25) is 0 Å². The van der Waals surface area contributed by atoms with E-state index in [-0.39, 0.29) is 25.2 Å². The quantitative estimate of drug-likeness (QED) is 0.627. The summed E-state index contributed by atoms with van der Waals surface area (Å²) < 4.78 is 5.36. The van der Waals surface area contributed by atoms with E-state index in [4.69, 9.17) is 14.9 Å². The van der Waals surface area contributed by atoms with Crippen molar-refractivity contribution in [1.82, 2.24) is 10.2 Å². The number of carboxylic acids is 1. The van der Waals surface area contributed by atoms with Crippen LogP contribution in [-0.2, 0) is 9.53 Å². The molecule has 3 N–H and O–H groups in total. The number of amides is 2. The van der Waals surface area contributed by atoms with E-state index in [1.54, 1.807) is 7.05 Å². The Morgan fingerprint density at radius 3 is 2.67 bits per heavy atom. The van der Waals surface area contributed by atoms with E-state index < -0.39 is 18.0 Å². The molecular weight excluding hydrogens is 240 g/mol. The summed E-state index contributed by atoms with van der Waals surface area (Å²) in [6, 6.07) is -1.57. The van der Waals surface area contributed by atoms with Crippen molar-refractivity contribution in [2.45, 2.75) is 38.0 Å². The molecule has 0 bridgehead atoms. The van der Waals surface area contributed by atoms with Crippen molar-refractivity contribution in [2.24, 2.45) is 0 Å². The fraction of sp³-hybridized carbons (Fsp3) is 0.818. The number of nitrogens with one attached hydrogen (secondary N) is 1. The standard InChI is InChI=1S/C11H20N2O5/c1-7-9(4-6-18-7)13(2)11(17)12-8(3-5-14)10(15)16/h7-9,14H,3-6H2,1-2H3,(H,12,17)(H,15,16)/t7?,8-,9?/m1/s1. The zero-order chi connectivity index (χ0) is 13.7. The number of carbonyl (C=O) groups is 2. The number of carbonyl (C=O) groups excluding carboxylic acids is 1. The third-order valence-corrected chi connectivity index (χ3v) is 3.17. The van der Waals surface area contributed by atoms with E-state index in [9.17, 15) is 9.59 Å². The van der Waals surface area contributed by atoms with Gasteiger partial charge in [0, 0.05) is 26.7 Å². The molecule has 1 saturated heterocycles. The number of aliphatic hydroxyl groups is 1. The van der Waals surface area contributed by atoms with Crippen LogP contribution in [0.4, 0.5) is 4.79 Å². The van der Waals surface area contributed by atoms with Gasteiger partial charge in [0.05, 0.1) is 12.1 Å². The summed E-state index contributed by atoms with van der Waals surface area (Å²) in [5, 5.41) is 20.0. The first kappa shape index (κ1) is 14.7. The number of aliphatic carboxylic acids is 1. The lowest BCUT2D eigenvalue weighted by molar-refractivity contribution is -0.139. The Morgan fingerprint density at radius 1 is 1.56 bits per heavy atom. The van der Waals surface area contributed by atoms with Crippen LogP contribution in [0.25, 0.3) is 0 Å². The van der Waals surface area contributed by atoms with Gasteiger partial charge in [-0.3, -0.25) is 0 Å². The molecule has 0 saturated carbocycles. The number of urea groups is 1. The molecule has 1 fully saturated rings. The number of aliphatic hydroxyl groups excluding tert-OH is 1. The van der Waals surface area contributed by atoms with Crippen LogP contribution >= 0.6 is 0 Å². The number of hydrogen-bond acceptors (Lipinski definition) is 4. The number of rotatable bonds is 5. The lowest BCUT2D eigenvalue weighted by Gasteiger charge is -2.28. The Hall–Kier alpha value is -1.34. The molecule has 0 aromatic heterocycles. The van der Waals surface area contributed by atoms with Crippen LogP contribution < -0.4 is 5.32 Å². The molecule has 2 unspecified atom stereocenters. The highest BCUT2D eigenvalue weighted by molar-refractivity contribution is 5.82. The maximum atomic E-state index is 11.9. The highest BCUT2D eigenvalue weighted by atomic mass is 16.5. The lowest BCUT2D eigenvalue weighted by atomic mass is 10.1. The molecule has 0 aromatic carbocycles. The van der Waals surface area contributed by atoms with E-state index >= 15 is 0 Å². The van der Waals surface area contributed by atoms with Crippen molar-refractivity contribution in [1.29, 1.82) is 0 Å². The molecule has 0 aromatic rings. The normalized spacial score (nSPS) is 24.6. The van der Waals surface area contributed by atoms with E-state index in [1.165, 1.54) is 4.90 Å². The van der Waals surface area contributed by atoms with Gasteiger partial charge in [0.15, 0.2) is 0 Å². The summed E-state index contributed by atoms with van der Waals surface area (Å²) in [5.74, 6) is -1.15. The van der Waals surface area contributed by atoms with E-state index in [1.807, 2.05) is 6.92 Å². The van der Waals surface area contributed by atoms with Gasteiger partial charge in [-0.15, -0.1) is 0 Å². The zero-order valence-corrected chi connectivity index (χ0v) is 10.6. The maximum absolute atomic E-state index is 11.9. The molecule has 104 valence electrons. The maximum Gasteiger partial charge on any atom is 0.326 e. The largest absolute Gasteiger partial charge is 0.480 e. The molecule has 18 heavy (non-hydrogen) atoms. The van der Waals surface area contributed by atoms with Crippen LogP contribution in [0.15, 0.2) is 0 Å². The van der Waals surface area contributed by atoms with Crippen LogP contribution in [0.1, 0.15) is 19.8 Å². The average molecular weight is 260 g/mol. The number of hydrogen-bond donors (Lipinski definition) is 3. The molecule has 1 aliphatic heterocycles. The molecule has 0 radical (unpaired) electrons. The van der Waals surface area contributed by atoms with E-state index in [2.05, 4.69) is 5.32 Å². The second-order valence-corrected chi connectivity index (χ2v) is 4.40. The second-order valence-electron chi connectivity index (χ2n) is 4.40. The van der Waals surface area contributed by atoms with Gasteiger partial charge >= 0.3 is 12.0 Å². The summed E-state index contributed by atoms with van der Waals surface area (Å²) in [4.78, 5) is 24.2. The number of carboxylic acid groups (broad SMARTS) is 1. The molecule has 0 spiro atoms. The Labute approximate surface area is 106 Å². The van der Waals surface area contributed by atoms with Crippen LogP contribution in [0.3, 0.4) is 0 Å². The van der Waals surface area contributed by atoms with Gasteiger partial charge in [-0.25, -0.2) is 9.59 Å². The molecular formula is C11H20N2O5. The smallest absolute Gasteiger partial charge is 0.326 e. The van der Waals surface area contributed by atoms with Gasteiger partial charge < -0.3 is 25.2 Å². The van der Waals surface area contributed by atoms with E-state index in [0.717, 1.165) is 6.42 Å². The minimum absolute atomic E-state index is 0.00830. The minimum Gasteiger partial charge on any atom is -0.480 e. The Morgan fingerprint density at radius 2 is 2.22 bits per heavy atom. The van der Waals surface area contributed by atoms with Crippen molar-refractivity contribution >= 4 is 12.0 Å². The molecule has 3 atom stereocenters. The third-order valence-electron chi connectivity index (χ3n) is 3.17. The van der Waals surface area contributed by atoms with Crippen LogP contribution in [-0.4, -0.2) is 65.6 Å². The molecule has 7 heteroatoms. The lowest BCUT2D eigenvalue weighted by Crippen LogP contribution is -2.51. The van der Waals surface area contributed by atoms with Crippen molar-refractivity contribution in [3.8, 4) is 0 Å². The molecule has 1 rings (SSSR count). The van der Waals surface area contributed by atoms with Gasteiger partial charge in [-0.2, -0.15) is 0 Å². The monoisotopic (exact) mass is 260 g/mol. The van der Waals surface area contributed by atoms with Gasteiger partial charge in [0.1, 0.15) is 6.04 Å². The third kappa shape index (κ3) is 3.58. The fourth-order valence-corrected chi connectivity index (χ4v) is 2.02. The summed E-state index contributed by atoms with van der Waals surface area (Å²) >= 11 is 0. The minimum atomic E-state index is -1.15. The predicted molar refractivity (Wildman–Crippen MR) is 63.2 cm³/mol. The van der Waals surface area contributed by atoms with Crippen LogP contribution in [0, 0.1) is 0 Å². The zero-order valence-electron chi connectivity index (χ0n) is 10.6. The second kappa shape index (κ2) is 6.55. The average Bonchev–Trinajstić information content (AvgIpc) is 2.73. The molecule has 1 heterocycles. The Bertz CT molecular complexity index is 310. The number of likely N-dealkylation sites (N-methyl/N-ethyl adjacent to an activating group) is 1. The topological polar surface area (TPSA) is 99.1 Å². The first-order chi connectivity index (χ1) is 8.47. The molecule has 0 aliphatic carbocycles. The van der Waals surface area contributed by atoms with Crippen molar-refractivity contribution in [3.05, 3.63) is 0 Å². The predicted octanol–water partition coefficient (Wildman–Crippen LogP) is -0.359. The molecule has 2 amide bonds. The van der Waals surface area contributed by atoms with E-state index in [0.29, 0.717) is 6.61 Å². The van der Waals surface area contributed by atoms with Gasteiger partial charge in [0.2, 0.25) is 0 Å². The van der Waals surface area contributed by atoms with Crippen molar-refractivity contribution in [3.63, 3.8) is 0 Å². The summed E-state index contributed by atoms with van der Waals surface area (Å²) in [7, 11) is 1.61. The first-order valence-corrected chi connectivity index (χ1v) is 5.96. The van der Waals surface area contributed by atoms with Crippen molar-refractivity contribution < 1.29 is 24.5 Å². The van der Waals surface area contributed by atoms with Crippen molar-refractivity contribution in [2.75, 3.05) is 20.3 Å². The molecule has 1 aliphatic rings. The summed E-state index contributed by atoms with van der Waals surface area (Å²) in [6.07, 6.45) is 0.677. The Balaban J connectivity index is 2.55. The highest BCUT2D eigenvalue weighted by Gasteiger charge is 2.32. The summed E-state index contributed by atoms with van der Waals surface area (Å²) in [5.41, 5.74) is 0. The fourth-order valence-electron chi connectivity index (χ4n) is 2.02. The SMILES string of the molecule is CC1OCCC1N(C)C(=O)N[C@H](CCO)C(=O)O. The van der Waals surface area contributed by atoms with Gasteiger partial charge in [-0.1, -0.05) is 0 Å². The van der Waals surface area contributed by atoms with Crippen LogP contribution in [0.5, 0.6) is 0 Å². The Kier molecular flexibility index (Phi) is 5.36. The van der Waals surface area contributed by atoms with Gasteiger partial charge in [0.25, 0.3) is 0 Å². The first-order valence-electron chi connectivity index (χ1n) is 5.96. The number of nitrogens with zero attached hydrogens (tertiary/aromatic N) is 1. The molecule has 7 nitrogen and oxygen atoms in total. The summed E-state index contributed by atoms with van der Waals surface area (Å²) in [6.45, 7) is 2.19. The highest BCUT2D eigenvalue weighted by Crippen LogP contribution is 2.18. The van der Waals surface area contributed by atoms with Gasteiger partial charge in [-0.05, 0) is 13.3 Å². The number of ether oxygens (including phenoxy) is 1.